The number of ether oxygens (including phenoxy) is 1. The van der Waals surface area contributed by atoms with Crippen LogP contribution in [0.25, 0.3) is 28.0 Å². The molecule has 6 rings (SSSR count). The molecule has 0 spiro atoms. The Labute approximate surface area is 268 Å². The first-order valence-corrected chi connectivity index (χ1v) is 14.7. The van der Waals surface area contributed by atoms with Gasteiger partial charge < -0.3 is 20.3 Å². The van der Waals surface area contributed by atoms with E-state index in [9.17, 15) is 13.6 Å². The van der Waals surface area contributed by atoms with Gasteiger partial charge in [0.1, 0.15) is 35.2 Å². The number of nitrogens with one attached hydrogen (secondary N) is 2. The first-order chi connectivity index (χ1) is 22.3. The van der Waals surface area contributed by atoms with E-state index in [2.05, 4.69) is 15.6 Å². The Morgan fingerprint density at radius 2 is 1.76 bits per heavy atom. The van der Waals surface area contributed by atoms with E-state index in [-0.39, 0.29) is 0 Å². The van der Waals surface area contributed by atoms with Crippen LogP contribution in [0.1, 0.15) is 10.4 Å². The summed E-state index contributed by atoms with van der Waals surface area (Å²) < 4.78 is 36.0. The van der Waals surface area contributed by atoms with Crippen molar-refractivity contribution in [1.29, 1.82) is 0 Å². The van der Waals surface area contributed by atoms with Crippen LogP contribution in [-0.4, -0.2) is 57.6 Å². The van der Waals surface area contributed by atoms with Crippen LogP contribution in [0.5, 0.6) is 5.75 Å². The Morgan fingerprint density at radius 3 is 2.54 bits per heavy atom. The Balaban J connectivity index is 1.31. The largest absolute Gasteiger partial charge is 0.491 e. The number of benzene rings is 3. The maximum absolute atomic E-state index is 14.2. The summed E-state index contributed by atoms with van der Waals surface area (Å²) in [5.74, 6) is -1.88. The number of likely N-dealkylation sites (N-methyl/N-ethyl adjacent to an activating group) is 1. The smallest absolute Gasteiger partial charge is 0.261 e. The van der Waals surface area contributed by atoms with Crippen molar-refractivity contribution in [2.75, 3.05) is 37.9 Å². The number of nitrogens with zero attached hydrogens (tertiary/aromatic N) is 5. The molecule has 0 fully saturated rings. The van der Waals surface area contributed by atoms with Gasteiger partial charge in [-0.15, -0.1) is 0 Å². The number of aromatic nitrogens is 4. The molecule has 0 atom stereocenters. The molecular formula is C34H28ClF2N7O2. The van der Waals surface area contributed by atoms with Gasteiger partial charge in [0.2, 0.25) is 5.95 Å². The summed E-state index contributed by atoms with van der Waals surface area (Å²) in [7, 11) is 3.94. The van der Waals surface area contributed by atoms with E-state index in [4.69, 9.17) is 26.4 Å². The highest BCUT2D eigenvalue weighted by Crippen LogP contribution is 2.36. The molecule has 232 valence electrons. The van der Waals surface area contributed by atoms with Crippen molar-refractivity contribution in [3.8, 4) is 28.3 Å². The molecule has 3 aromatic carbocycles. The lowest BCUT2D eigenvalue weighted by molar-refractivity contribution is 0.101. The molecule has 0 unspecified atom stereocenters. The highest BCUT2D eigenvalue weighted by Gasteiger charge is 2.20. The fraction of sp³-hybridized carbons (Fsp3) is 0.118. The fourth-order valence-corrected chi connectivity index (χ4v) is 5.06. The molecule has 9 nitrogen and oxygen atoms in total. The highest BCUT2D eigenvalue weighted by atomic mass is 35.5. The summed E-state index contributed by atoms with van der Waals surface area (Å²) in [6, 6.07) is 23.0. The zero-order chi connectivity index (χ0) is 32.2. The van der Waals surface area contributed by atoms with Gasteiger partial charge in [-0.25, -0.2) is 23.3 Å². The number of carbonyl (C=O) groups excluding carboxylic acids is 1. The minimum atomic E-state index is -0.948. The molecule has 46 heavy (non-hydrogen) atoms. The third kappa shape index (κ3) is 6.65. The molecule has 0 aliphatic carbocycles. The molecular weight excluding hydrogens is 612 g/mol. The molecule has 12 heteroatoms. The summed E-state index contributed by atoms with van der Waals surface area (Å²) in [6.07, 6.45) is 3.46. The van der Waals surface area contributed by atoms with Gasteiger partial charge in [0.25, 0.3) is 5.91 Å². The second-order valence-electron chi connectivity index (χ2n) is 10.6. The van der Waals surface area contributed by atoms with Crippen LogP contribution in [0.3, 0.4) is 0 Å². The van der Waals surface area contributed by atoms with Crippen molar-refractivity contribution < 1.29 is 18.3 Å². The number of rotatable bonds is 10. The monoisotopic (exact) mass is 639 g/mol. The third-order valence-electron chi connectivity index (χ3n) is 7.02. The van der Waals surface area contributed by atoms with E-state index in [1.165, 1.54) is 6.07 Å². The average Bonchev–Trinajstić information content (AvgIpc) is 3.42. The van der Waals surface area contributed by atoms with Gasteiger partial charge in [-0.05, 0) is 74.8 Å². The van der Waals surface area contributed by atoms with E-state index < -0.39 is 23.1 Å². The Kier molecular flexibility index (Phi) is 8.86. The van der Waals surface area contributed by atoms with E-state index in [1.807, 2.05) is 55.5 Å². The molecule has 0 saturated carbocycles. The lowest BCUT2D eigenvalue weighted by Crippen LogP contribution is -2.19. The van der Waals surface area contributed by atoms with Crippen LogP contribution in [0.2, 0.25) is 5.02 Å². The normalized spacial score (nSPS) is 11.2. The topological polar surface area (TPSA) is 96.7 Å². The highest BCUT2D eigenvalue weighted by molar-refractivity contribution is 6.32. The van der Waals surface area contributed by atoms with Crippen LogP contribution in [0.4, 0.5) is 26.1 Å². The Bertz CT molecular complexity index is 2030. The van der Waals surface area contributed by atoms with E-state index in [0.29, 0.717) is 51.7 Å². The number of halogens is 3. The van der Waals surface area contributed by atoms with Gasteiger partial charge in [0.15, 0.2) is 0 Å². The number of fused-ring (bicyclic) bond motifs is 1. The summed E-state index contributed by atoms with van der Waals surface area (Å²) in [4.78, 5) is 24.0. The third-order valence-corrected chi connectivity index (χ3v) is 7.31. The number of amides is 1. The first-order valence-electron chi connectivity index (χ1n) is 14.3. The molecule has 0 radical (unpaired) electrons. The maximum Gasteiger partial charge on any atom is 0.261 e. The molecule has 0 aliphatic heterocycles. The lowest BCUT2D eigenvalue weighted by atomic mass is 10.0. The minimum absolute atomic E-state index is 0.337. The van der Waals surface area contributed by atoms with Crippen molar-refractivity contribution in [3.05, 3.63) is 120 Å². The minimum Gasteiger partial charge on any atom is -0.491 e. The predicted molar refractivity (Wildman–Crippen MR) is 175 cm³/mol. The van der Waals surface area contributed by atoms with Gasteiger partial charge >= 0.3 is 0 Å². The summed E-state index contributed by atoms with van der Waals surface area (Å²) in [6.45, 7) is 1.27. The zero-order valence-electron chi connectivity index (χ0n) is 24.8. The summed E-state index contributed by atoms with van der Waals surface area (Å²) in [5, 5.41) is 11.1. The molecule has 0 bridgehead atoms. The SMILES string of the molecule is CN(C)CCOc1ccc(Nc2nccc(-c3c(-c4cccc(NC(=O)c5c(F)cccc5F)c4)nn4ccccc34)n2)cc1Cl. The summed E-state index contributed by atoms with van der Waals surface area (Å²) >= 11 is 6.48. The Morgan fingerprint density at radius 1 is 0.957 bits per heavy atom. The van der Waals surface area contributed by atoms with Crippen LogP contribution < -0.4 is 15.4 Å². The van der Waals surface area contributed by atoms with Gasteiger partial charge in [0.05, 0.1) is 21.8 Å². The molecule has 2 N–H and O–H groups in total. The van der Waals surface area contributed by atoms with Crippen LogP contribution >= 0.6 is 11.6 Å². The number of anilines is 3. The van der Waals surface area contributed by atoms with Gasteiger partial charge in [-0.2, -0.15) is 5.10 Å². The Hall–Kier alpha value is -5.39. The zero-order valence-corrected chi connectivity index (χ0v) is 25.6. The maximum atomic E-state index is 14.2. The van der Waals surface area contributed by atoms with Crippen molar-refractivity contribution in [1.82, 2.24) is 24.5 Å². The van der Waals surface area contributed by atoms with E-state index >= 15 is 0 Å². The van der Waals surface area contributed by atoms with Crippen molar-refractivity contribution in [2.45, 2.75) is 0 Å². The van der Waals surface area contributed by atoms with Crippen molar-refractivity contribution in [2.24, 2.45) is 0 Å². The fourth-order valence-electron chi connectivity index (χ4n) is 4.83. The molecule has 0 aliphatic rings. The van der Waals surface area contributed by atoms with Gasteiger partial charge in [-0.3, -0.25) is 4.79 Å². The van der Waals surface area contributed by atoms with Gasteiger partial charge in [-0.1, -0.05) is 35.9 Å². The van der Waals surface area contributed by atoms with Crippen LogP contribution in [0, 0.1) is 11.6 Å². The van der Waals surface area contributed by atoms with Crippen molar-refractivity contribution in [3.63, 3.8) is 0 Å². The number of pyridine rings is 1. The standard InChI is InChI=1S/C34H28ClF2N7O2/c1-43(2)17-18-46-29-13-12-23(20-24(29)35)40-34-38-15-14-27(41-34)31-28-11-3-4-16-44(28)42-32(31)21-7-5-8-22(19-21)39-33(45)30-25(36)9-6-10-26(30)37/h3-16,19-20H,17-18H2,1-2H3,(H,39,45)(H,38,40,41). The van der Waals surface area contributed by atoms with Crippen LogP contribution in [0.15, 0.2) is 97.3 Å². The molecule has 3 aromatic heterocycles. The quantitative estimate of drug-likeness (QED) is 0.162. The molecule has 6 aromatic rings. The second-order valence-corrected chi connectivity index (χ2v) is 11.0. The summed E-state index contributed by atoms with van der Waals surface area (Å²) in [5.41, 5.74) is 3.67. The average molecular weight is 640 g/mol. The lowest BCUT2D eigenvalue weighted by Gasteiger charge is -2.13. The second kappa shape index (κ2) is 13.3. The predicted octanol–water partition coefficient (Wildman–Crippen LogP) is 7.33. The number of hydrogen-bond donors (Lipinski definition) is 2. The van der Waals surface area contributed by atoms with Crippen molar-refractivity contribution >= 4 is 40.3 Å². The van der Waals surface area contributed by atoms with E-state index in [1.54, 1.807) is 47.1 Å². The number of hydrogen-bond acceptors (Lipinski definition) is 7. The van der Waals surface area contributed by atoms with Gasteiger partial charge in [0, 0.05) is 35.9 Å². The van der Waals surface area contributed by atoms with Crippen LogP contribution in [-0.2, 0) is 0 Å². The molecule has 3 heterocycles. The molecule has 1 amide bonds. The van der Waals surface area contributed by atoms with E-state index in [0.717, 1.165) is 29.8 Å². The first kappa shape index (κ1) is 30.6. The number of carbonyl (C=O) groups is 1. The molecule has 0 saturated heterocycles.